The van der Waals surface area contributed by atoms with E-state index < -0.39 is 0 Å². The summed E-state index contributed by atoms with van der Waals surface area (Å²) in [7, 11) is 0. The molecule has 0 aromatic carbocycles. The van der Waals surface area contributed by atoms with Crippen LogP contribution in [0.25, 0.3) is 0 Å². The van der Waals surface area contributed by atoms with Crippen LogP contribution >= 0.6 is 0 Å². The SMILES string of the molecule is CCc1cc(C(=O)N[C@@H]2CC(C)(C)Cc3nc(N4C[C@@H](C)O[C@H](C)C4)ncc32)no1. The average Bonchev–Trinajstić information content (AvgIpc) is 3.15. The van der Waals surface area contributed by atoms with Crippen LogP contribution in [0.2, 0.25) is 0 Å². The maximum absolute atomic E-state index is 12.8. The number of nitrogens with zero attached hydrogens (tertiary/aromatic N) is 4. The van der Waals surface area contributed by atoms with Crippen LogP contribution in [0.5, 0.6) is 0 Å². The second-order valence-corrected chi connectivity index (χ2v) is 9.34. The van der Waals surface area contributed by atoms with E-state index in [1.165, 1.54) is 0 Å². The predicted octanol–water partition coefficient (Wildman–Crippen LogP) is 3.08. The Morgan fingerprint density at radius 3 is 2.70 bits per heavy atom. The van der Waals surface area contributed by atoms with E-state index in [0.717, 1.165) is 43.1 Å². The van der Waals surface area contributed by atoms with Crippen molar-refractivity contribution in [2.45, 2.75) is 72.1 Å². The first-order chi connectivity index (χ1) is 14.2. The van der Waals surface area contributed by atoms with E-state index in [1.54, 1.807) is 6.07 Å². The number of hydrogen-bond acceptors (Lipinski definition) is 7. The minimum Gasteiger partial charge on any atom is -0.372 e. The van der Waals surface area contributed by atoms with Crippen molar-refractivity contribution in [2.75, 3.05) is 18.0 Å². The van der Waals surface area contributed by atoms with Gasteiger partial charge in [0.15, 0.2) is 5.69 Å². The van der Waals surface area contributed by atoms with Gasteiger partial charge < -0.3 is 19.5 Å². The van der Waals surface area contributed by atoms with Gasteiger partial charge in [0.1, 0.15) is 5.76 Å². The summed E-state index contributed by atoms with van der Waals surface area (Å²) in [5.41, 5.74) is 2.31. The maximum Gasteiger partial charge on any atom is 0.273 e. The van der Waals surface area contributed by atoms with Gasteiger partial charge in [-0.3, -0.25) is 4.79 Å². The van der Waals surface area contributed by atoms with Crippen LogP contribution in [-0.4, -0.2) is 46.3 Å². The molecule has 2 aromatic heterocycles. The van der Waals surface area contributed by atoms with Gasteiger partial charge in [-0.25, -0.2) is 9.97 Å². The first-order valence-electron chi connectivity index (χ1n) is 10.8. The highest BCUT2D eigenvalue weighted by Gasteiger charge is 2.36. The first-order valence-corrected chi connectivity index (χ1v) is 10.8. The summed E-state index contributed by atoms with van der Waals surface area (Å²) in [6.07, 6.45) is 4.54. The summed E-state index contributed by atoms with van der Waals surface area (Å²) in [4.78, 5) is 24.5. The number of aromatic nitrogens is 3. The lowest BCUT2D eigenvalue weighted by Crippen LogP contribution is -2.46. The number of rotatable bonds is 4. The summed E-state index contributed by atoms with van der Waals surface area (Å²) in [5, 5.41) is 7.02. The van der Waals surface area contributed by atoms with Crippen molar-refractivity contribution in [2.24, 2.45) is 5.41 Å². The summed E-state index contributed by atoms with van der Waals surface area (Å²) >= 11 is 0. The molecule has 0 saturated carbocycles. The van der Waals surface area contributed by atoms with Crippen molar-refractivity contribution in [1.82, 2.24) is 20.4 Å². The molecule has 8 heteroatoms. The van der Waals surface area contributed by atoms with E-state index >= 15 is 0 Å². The smallest absolute Gasteiger partial charge is 0.273 e. The Morgan fingerprint density at radius 2 is 2.03 bits per heavy atom. The average molecular weight is 414 g/mol. The molecular formula is C22H31N5O3. The highest BCUT2D eigenvalue weighted by atomic mass is 16.5. The number of fused-ring (bicyclic) bond motifs is 1. The number of amides is 1. The molecule has 0 bridgehead atoms. The second-order valence-electron chi connectivity index (χ2n) is 9.34. The fourth-order valence-electron chi connectivity index (χ4n) is 4.48. The van der Waals surface area contributed by atoms with Gasteiger partial charge in [-0.15, -0.1) is 0 Å². The molecule has 1 fully saturated rings. The third-order valence-corrected chi connectivity index (χ3v) is 5.81. The zero-order valence-electron chi connectivity index (χ0n) is 18.4. The molecule has 4 rings (SSSR count). The third kappa shape index (κ3) is 4.33. The zero-order chi connectivity index (χ0) is 21.5. The third-order valence-electron chi connectivity index (χ3n) is 5.81. The molecule has 3 atom stereocenters. The molecule has 2 aliphatic rings. The lowest BCUT2D eigenvalue weighted by molar-refractivity contribution is -0.00575. The van der Waals surface area contributed by atoms with Gasteiger partial charge >= 0.3 is 0 Å². The molecular weight excluding hydrogens is 382 g/mol. The minimum absolute atomic E-state index is 0.0145. The Balaban J connectivity index is 1.58. The first kappa shape index (κ1) is 20.8. The number of carbonyl (C=O) groups excluding carboxylic acids is 1. The largest absolute Gasteiger partial charge is 0.372 e. The van der Waals surface area contributed by atoms with Crippen molar-refractivity contribution in [3.63, 3.8) is 0 Å². The molecule has 0 radical (unpaired) electrons. The van der Waals surface area contributed by atoms with Crippen LogP contribution in [0.15, 0.2) is 16.8 Å². The molecule has 1 aliphatic heterocycles. The molecule has 2 aromatic rings. The molecule has 1 aliphatic carbocycles. The molecule has 3 heterocycles. The number of hydrogen-bond donors (Lipinski definition) is 1. The number of aryl methyl sites for hydroxylation is 1. The second kappa shape index (κ2) is 7.98. The molecule has 30 heavy (non-hydrogen) atoms. The number of morpholine rings is 1. The standard InChI is InChI=1S/C22H31N5O3/c1-6-15-7-17(26-30-15)20(28)24-18-8-22(4,5)9-19-16(18)10-23-21(25-19)27-11-13(2)29-14(3)12-27/h7,10,13-14,18H,6,8-9,11-12H2,1-5H3,(H,24,28)/t13-,14-,18-/m1/s1. The Bertz CT molecular complexity index is 915. The highest BCUT2D eigenvalue weighted by molar-refractivity contribution is 5.92. The van der Waals surface area contributed by atoms with Crippen LogP contribution in [0.1, 0.15) is 74.6 Å². The van der Waals surface area contributed by atoms with Crippen LogP contribution in [0.4, 0.5) is 5.95 Å². The molecule has 0 unspecified atom stereocenters. The summed E-state index contributed by atoms with van der Waals surface area (Å²) in [6, 6.07) is 1.54. The van der Waals surface area contributed by atoms with Crippen LogP contribution in [0.3, 0.4) is 0 Å². The van der Waals surface area contributed by atoms with Gasteiger partial charge in [-0.2, -0.15) is 0 Å². The van der Waals surface area contributed by atoms with Crippen LogP contribution < -0.4 is 10.2 Å². The minimum atomic E-state index is -0.230. The Morgan fingerprint density at radius 1 is 1.30 bits per heavy atom. The predicted molar refractivity (Wildman–Crippen MR) is 112 cm³/mol. The van der Waals surface area contributed by atoms with Crippen molar-refractivity contribution in [3.05, 3.63) is 35.0 Å². The van der Waals surface area contributed by atoms with Gasteiger partial charge in [0.05, 0.1) is 23.9 Å². The molecule has 1 amide bonds. The lowest BCUT2D eigenvalue weighted by Gasteiger charge is -2.38. The van der Waals surface area contributed by atoms with Crippen molar-refractivity contribution < 1.29 is 14.1 Å². The number of nitrogens with one attached hydrogen (secondary N) is 1. The van der Waals surface area contributed by atoms with Gasteiger partial charge in [0, 0.05) is 37.3 Å². The van der Waals surface area contributed by atoms with E-state index in [9.17, 15) is 4.79 Å². The molecule has 162 valence electrons. The van der Waals surface area contributed by atoms with E-state index in [2.05, 4.69) is 48.1 Å². The molecule has 1 saturated heterocycles. The quantitative estimate of drug-likeness (QED) is 0.823. The van der Waals surface area contributed by atoms with E-state index in [4.69, 9.17) is 14.2 Å². The maximum atomic E-state index is 12.8. The van der Waals surface area contributed by atoms with Crippen LogP contribution in [0, 0.1) is 5.41 Å². The van der Waals surface area contributed by atoms with Crippen LogP contribution in [-0.2, 0) is 17.6 Å². The van der Waals surface area contributed by atoms with Crippen molar-refractivity contribution >= 4 is 11.9 Å². The fourth-order valence-corrected chi connectivity index (χ4v) is 4.48. The number of anilines is 1. The molecule has 1 N–H and O–H groups in total. The van der Waals surface area contributed by atoms with Gasteiger partial charge in [-0.1, -0.05) is 25.9 Å². The molecule has 8 nitrogen and oxygen atoms in total. The highest BCUT2D eigenvalue weighted by Crippen LogP contribution is 2.40. The molecule has 0 spiro atoms. The van der Waals surface area contributed by atoms with E-state index in [1.807, 2.05) is 13.1 Å². The van der Waals surface area contributed by atoms with Crippen molar-refractivity contribution in [3.8, 4) is 0 Å². The summed E-state index contributed by atoms with van der Waals surface area (Å²) < 4.78 is 11.0. The Kier molecular flexibility index (Phi) is 5.53. The Hall–Kier alpha value is -2.48. The van der Waals surface area contributed by atoms with Crippen molar-refractivity contribution in [1.29, 1.82) is 0 Å². The lowest BCUT2D eigenvalue weighted by atomic mass is 9.74. The summed E-state index contributed by atoms with van der Waals surface area (Å²) in [6.45, 7) is 12.1. The normalized spacial score (nSPS) is 25.6. The van der Waals surface area contributed by atoms with Gasteiger partial charge in [-0.05, 0) is 32.1 Å². The zero-order valence-corrected chi connectivity index (χ0v) is 18.4. The van der Waals surface area contributed by atoms with Gasteiger partial charge in [0.2, 0.25) is 5.95 Å². The van der Waals surface area contributed by atoms with Gasteiger partial charge in [0.25, 0.3) is 5.91 Å². The van der Waals surface area contributed by atoms with E-state index in [-0.39, 0.29) is 29.6 Å². The topological polar surface area (TPSA) is 93.4 Å². The number of carbonyl (C=O) groups is 1. The fraction of sp³-hybridized carbons (Fsp3) is 0.636. The number of ether oxygens (including phenoxy) is 1. The summed E-state index contributed by atoms with van der Waals surface area (Å²) in [5.74, 6) is 1.21. The van der Waals surface area contributed by atoms with E-state index in [0.29, 0.717) is 17.9 Å². The monoisotopic (exact) mass is 413 g/mol. The Labute approximate surface area is 177 Å².